The van der Waals surface area contributed by atoms with Crippen LogP contribution in [0.3, 0.4) is 0 Å². The molecule has 0 aliphatic carbocycles. The van der Waals surface area contributed by atoms with E-state index in [1.54, 1.807) is 6.20 Å². The van der Waals surface area contributed by atoms with E-state index in [9.17, 15) is 5.11 Å². The minimum Gasteiger partial charge on any atom is -0.387 e. The van der Waals surface area contributed by atoms with Gasteiger partial charge in [-0.05, 0) is 33.8 Å². The predicted molar refractivity (Wildman–Crippen MR) is 61.7 cm³/mol. The molecule has 84 valence electrons. The van der Waals surface area contributed by atoms with Gasteiger partial charge in [0.05, 0.1) is 6.10 Å². The van der Waals surface area contributed by atoms with Crippen LogP contribution in [-0.2, 0) is 0 Å². The van der Waals surface area contributed by atoms with Crippen molar-refractivity contribution >= 4 is 0 Å². The van der Waals surface area contributed by atoms with E-state index in [0.717, 1.165) is 11.3 Å². The van der Waals surface area contributed by atoms with Crippen molar-refractivity contribution in [3.8, 4) is 0 Å². The molecule has 0 aliphatic heterocycles. The maximum absolute atomic E-state index is 9.96. The van der Waals surface area contributed by atoms with Crippen LogP contribution in [0.25, 0.3) is 0 Å². The van der Waals surface area contributed by atoms with Gasteiger partial charge in [0, 0.05) is 29.5 Å². The molecule has 1 heterocycles. The smallest absolute Gasteiger partial charge is 0.0932 e. The minimum absolute atomic E-state index is 0.0249. The van der Waals surface area contributed by atoms with E-state index in [1.807, 2.05) is 19.1 Å². The van der Waals surface area contributed by atoms with Gasteiger partial charge in [-0.1, -0.05) is 6.07 Å². The van der Waals surface area contributed by atoms with Crippen molar-refractivity contribution < 1.29 is 5.11 Å². The number of nitrogens with zero attached hydrogens (tertiary/aromatic N) is 1. The zero-order valence-electron chi connectivity index (χ0n) is 9.91. The van der Waals surface area contributed by atoms with Gasteiger partial charge < -0.3 is 10.4 Å². The van der Waals surface area contributed by atoms with Crippen molar-refractivity contribution in [2.75, 3.05) is 6.54 Å². The molecule has 0 radical (unpaired) electrons. The molecule has 2 N–H and O–H groups in total. The Labute approximate surface area is 91.5 Å². The van der Waals surface area contributed by atoms with Crippen LogP contribution in [0.1, 0.15) is 38.1 Å². The molecule has 0 aliphatic rings. The molecule has 0 unspecified atom stereocenters. The standard InChI is InChI=1S/C12H20N2O/c1-9-10(6-5-7-13-9)11(15)8-14-12(2,3)4/h5-7,11,14-15H,8H2,1-4H3/t11-/m1/s1. The van der Waals surface area contributed by atoms with Crippen molar-refractivity contribution in [3.63, 3.8) is 0 Å². The normalized spacial score (nSPS) is 13.9. The molecule has 0 saturated carbocycles. The van der Waals surface area contributed by atoms with Crippen LogP contribution in [0.2, 0.25) is 0 Å². The van der Waals surface area contributed by atoms with Crippen molar-refractivity contribution in [1.82, 2.24) is 10.3 Å². The molecule has 0 fully saturated rings. The lowest BCUT2D eigenvalue weighted by Gasteiger charge is -2.23. The Morgan fingerprint density at radius 2 is 2.13 bits per heavy atom. The second-order valence-corrected chi connectivity index (χ2v) is 4.82. The highest BCUT2D eigenvalue weighted by molar-refractivity contribution is 5.21. The summed E-state index contributed by atoms with van der Waals surface area (Å²) in [6.07, 6.45) is 1.25. The van der Waals surface area contributed by atoms with E-state index in [-0.39, 0.29) is 5.54 Å². The van der Waals surface area contributed by atoms with Crippen LogP contribution in [-0.4, -0.2) is 22.2 Å². The topological polar surface area (TPSA) is 45.2 Å². The average molecular weight is 208 g/mol. The molecular formula is C12H20N2O. The Hall–Kier alpha value is -0.930. The molecule has 0 amide bonds. The second kappa shape index (κ2) is 4.73. The largest absolute Gasteiger partial charge is 0.387 e. The summed E-state index contributed by atoms with van der Waals surface area (Å²) in [6, 6.07) is 3.76. The molecule has 0 spiro atoms. The van der Waals surface area contributed by atoms with Gasteiger partial charge in [0.2, 0.25) is 0 Å². The number of aliphatic hydroxyl groups is 1. The number of hydrogen-bond donors (Lipinski definition) is 2. The Morgan fingerprint density at radius 1 is 1.47 bits per heavy atom. The zero-order valence-corrected chi connectivity index (χ0v) is 9.91. The van der Waals surface area contributed by atoms with Crippen LogP contribution >= 0.6 is 0 Å². The van der Waals surface area contributed by atoms with E-state index in [4.69, 9.17) is 0 Å². The van der Waals surface area contributed by atoms with E-state index in [2.05, 4.69) is 31.1 Å². The van der Waals surface area contributed by atoms with Crippen LogP contribution < -0.4 is 5.32 Å². The van der Waals surface area contributed by atoms with Crippen molar-refractivity contribution in [3.05, 3.63) is 29.6 Å². The first kappa shape index (κ1) is 12.1. The number of aryl methyl sites for hydroxylation is 1. The third-order valence-corrected chi connectivity index (χ3v) is 2.23. The quantitative estimate of drug-likeness (QED) is 0.796. The summed E-state index contributed by atoms with van der Waals surface area (Å²) in [7, 11) is 0. The highest BCUT2D eigenvalue weighted by Gasteiger charge is 2.14. The number of β-amino-alcohol motifs (C(OH)–C–C–N with tert-alkyl or cyclic N) is 1. The Balaban J connectivity index is 2.62. The van der Waals surface area contributed by atoms with Crippen LogP contribution in [0, 0.1) is 6.92 Å². The molecule has 1 rings (SSSR count). The van der Waals surface area contributed by atoms with Gasteiger partial charge in [0.1, 0.15) is 0 Å². The number of aromatic nitrogens is 1. The van der Waals surface area contributed by atoms with E-state index in [0.29, 0.717) is 6.54 Å². The number of hydrogen-bond acceptors (Lipinski definition) is 3. The fraction of sp³-hybridized carbons (Fsp3) is 0.583. The molecule has 0 bridgehead atoms. The van der Waals surface area contributed by atoms with Crippen LogP contribution in [0.15, 0.2) is 18.3 Å². The predicted octanol–water partition coefficient (Wildman–Crippen LogP) is 1.81. The average Bonchev–Trinajstić information content (AvgIpc) is 2.14. The van der Waals surface area contributed by atoms with Crippen molar-refractivity contribution in [2.24, 2.45) is 0 Å². The fourth-order valence-electron chi connectivity index (χ4n) is 1.36. The van der Waals surface area contributed by atoms with Gasteiger partial charge in [-0.25, -0.2) is 0 Å². The lowest BCUT2D eigenvalue weighted by molar-refractivity contribution is 0.162. The lowest BCUT2D eigenvalue weighted by atomic mass is 10.1. The Morgan fingerprint density at radius 3 is 2.67 bits per heavy atom. The first-order valence-corrected chi connectivity index (χ1v) is 5.25. The molecule has 15 heavy (non-hydrogen) atoms. The monoisotopic (exact) mass is 208 g/mol. The maximum atomic E-state index is 9.96. The van der Waals surface area contributed by atoms with E-state index >= 15 is 0 Å². The first-order chi connectivity index (χ1) is 6.90. The maximum Gasteiger partial charge on any atom is 0.0932 e. The van der Waals surface area contributed by atoms with Gasteiger partial charge >= 0.3 is 0 Å². The van der Waals surface area contributed by atoms with E-state index in [1.165, 1.54) is 0 Å². The van der Waals surface area contributed by atoms with E-state index < -0.39 is 6.10 Å². The van der Waals surface area contributed by atoms with Gasteiger partial charge in [-0.2, -0.15) is 0 Å². The number of aliphatic hydroxyl groups excluding tert-OH is 1. The molecule has 3 nitrogen and oxygen atoms in total. The number of pyridine rings is 1. The Kier molecular flexibility index (Phi) is 3.83. The minimum atomic E-state index is -0.488. The first-order valence-electron chi connectivity index (χ1n) is 5.25. The van der Waals surface area contributed by atoms with Gasteiger partial charge in [-0.15, -0.1) is 0 Å². The van der Waals surface area contributed by atoms with Crippen molar-refractivity contribution in [2.45, 2.75) is 39.3 Å². The summed E-state index contributed by atoms with van der Waals surface area (Å²) in [4.78, 5) is 4.16. The number of nitrogens with one attached hydrogen (secondary N) is 1. The lowest BCUT2D eigenvalue weighted by Crippen LogP contribution is -2.38. The summed E-state index contributed by atoms with van der Waals surface area (Å²) in [5.41, 5.74) is 1.81. The molecule has 1 aromatic heterocycles. The van der Waals surface area contributed by atoms with Crippen molar-refractivity contribution in [1.29, 1.82) is 0 Å². The third-order valence-electron chi connectivity index (χ3n) is 2.23. The number of rotatable bonds is 3. The molecule has 3 heteroatoms. The summed E-state index contributed by atoms with van der Waals surface area (Å²) in [5.74, 6) is 0. The highest BCUT2D eigenvalue weighted by atomic mass is 16.3. The Bertz CT molecular complexity index is 318. The van der Waals surface area contributed by atoms with Crippen LogP contribution in [0.5, 0.6) is 0 Å². The fourth-order valence-corrected chi connectivity index (χ4v) is 1.36. The zero-order chi connectivity index (χ0) is 11.5. The van der Waals surface area contributed by atoms with Gasteiger partial charge in [-0.3, -0.25) is 4.98 Å². The summed E-state index contributed by atoms with van der Waals surface area (Å²) < 4.78 is 0. The summed E-state index contributed by atoms with van der Waals surface area (Å²) >= 11 is 0. The van der Waals surface area contributed by atoms with Gasteiger partial charge in [0.15, 0.2) is 0 Å². The van der Waals surface area contributed by atoms with Crippen LogP contribution in [0.4, 0.5) is 0 Å². The molecule has 1 atom stereocenters. The highest BCUT2D eigenvalue weighted by Crippen LogP contribution is 2.15. The SMILES string of the molecule is Cc1ncccc1[C@H](O)CNC(C)(C)C. The third kappa shape index (κ3) is 3.98. The summed E-state index contributed by atoms with van der Waals surface area (Å²) in [5, 5.41) is 13.2. The molecule has 0 saturated heterocycles. The molecular weight excluding hydrogens is 188 g/mol. The second-order valence-electron chi connectivity index (χ2n) is 4.82. The molecule has 0 aromatic carbocycles. The van der Waals surface area contributed by atoms with Gasteiger partial charge in [0.25, 0.3) is 0 Å². The molecule has 1 aromatic rings. The summed E-state index contributed by atoms with van der Waals surface area (Å²) in [6.45, 7) is 8.70.